The fraction of sp³-hybridized carbons (Fsp3) is 0.468. The lowest BCUT2D eigenvalue weighted by atomic mass is 9.80. The van der Waals surface area contributed by atoms with Crippen molar-refractivity contribution in [1.29, 1.82) is 5.26 Å². The van der Waals surface area contributed by atoms with Crippen LogP contribution in [-0.4, -0.2) is 70.8 Å². The van der Waals surface area contributed by atoms with Crippen molar-refractivity contribution >= 4 is 16.8 Å². The Morgan fingerprint density at radius 2 is 1.35 bits per heavy atom. The highest BCUT2D eigenvalue weighted by atomic mass is 31.2. The zero-order valence-electron chi connectivity index (χ0n) is 36.8. The first kappa shape index (κ1) is 47.3. The van der Waals surface area contributed by atoms with Crippen LogP contribution in [0.15, 0.2) is 97.1 Å². The van der Waals surface area contributed by atoms with Gasteiger partial charge in [-0.1, -0.05) is 81.4 Å². The minimum atomic E-state index is -2.64. The average Bonchev–Trinajstić information content (AvgIpc) is 3.53. The van der Waals surface area contributed by atoms with Crippen LogP contribution < -0.4 is 9.47 Å². The van der Waals surface area contributed by atoms with Gasteiger partial charge in [0.1, 0.15) is 53.2 Å². The lowest BCUT2D eigenvalue weighted by molar-refractivity contribution is -0.0810. The number of methoxy groups -OCH3 is 2. The fourth-order valence-corrected chi connectivity index (χ4v) is 10.4. The summed E-state index contributed by atoms with van der Waals surface area (Å²) in [6.07, 6.45) is -3.44. The van der Waals surface area contributed by atoms with Crippen LogP contribution >= 0.6 is 8.53 Å². The van der Waals surface area contributed by atoms with E-state index < -0.39 is 58.5 Å². The molecule has 1 aliphatic rings. The molecule has 324 valence electrons. The molecule has 1 aliphatic heterocycles. The van der Waals surface area contributed by atoms with E-state index in [4.69, 9.17) is 32.4 Å². The lowest BCUT2D eigenvalue weighted by Gasteiger charge is -2.42. The predicted molar refractivity (Wildman–Crippen MR) is 234 cm³/mol. The Balaban J connectivity index is 1.72. The van der Waals surface area contributed by atoms with Crippen molar-refractivity contribution in [2.45, 2.75) is 115 Å². The second-order valence-electron chi connectivity index (χ2n) is 17.0. The molecular weight excluding hydrogens is 802 g/mol. The minimum Gasteiger partial charge on any atom is -0.497 e. The van der Waals surface area contributed by atoms with Gasteiger partial charge in [-0.15, -0.1) is 0 Å². The van der Waals surface area contributed by atoms with Gasteiger partial charge in [0.25, 0.3) is 8.53 Å². The number of ether oxygens (including phenoxy) is 4. The van der Waals surface area contributed by atoms with E-state index in [-0.39, 0.29) is 42.3 Å². The van der Waals surface area contributed by atoms with Crippen LogP contribution in [0.1, 0.15) is 83.2 Å². The van der Waals surface area contributed by atoms with E-state index >= 15 is 4.39 Å². The third-order valence-corrected chi connectivity index (χ3v) is 17.9. The van der Waals surface area contributed by atoms with Crippen LogP contribution in [0.5, 0.6) is 11.5 Å². The average molecular weight is 863 g/mol. The fourth-order valence-electron chi connectivity index (χ4n) is 7.30. The number of halogens is 2. The SMILES string of the molecule is COc1ccc(C(OC[C@H]2O[C@@H](c3ccc(F)cc3F)[C@H](O[Si](C)(C)C(C)(C)C)[C@@H]2OP(OCCC#N)N(C(C)C)C(C)C)(c2ccccc2)c2ccc(OC)cc2)cc1. The largest absolute Gasteiger partial charge is 0.497 e. The maximum atomic E-state index is 16.1. The molecule has 60 heavy (non-hydrogen) atoms. The standard InChI is InChI=1S/C47H61F2N2O7PSi/c1-32(2)51(33(3)4)59(55-29-15-28-50)57-44-42(56-43(40-27-22-37(48)30-41(40)49)45(44)58-60(10,11)46(5,6)7)31-54-47(34-16-13-12-14-17-34,35-18-23-38(52-8)24-19-35)36-20-25-39(53-9)26-21-36/h12-14,16-27,30,32-33,42-45H,15,29,31H2,1-11H3/t42-,43+,44-,45+,59?/m1/s1. The molecule has 13 heteroatoms. The molecule has 4 aromatic rings. The monoisotopic (exact) mass is 862 g/mol. The number of hydrogen-bond donors (Lipinski definition) is 0. The zero-order chi connectivity index (χ0) is 43.8. The minimum absolute atomic E-state index is 0.00353. The van der Waals surface area contributed by atoms with Crippen molar-refractivity contribution in [2.75, 3.05) is 27.4 Å². The molecule has 5 atom stereocenters. The molecule has 1 heterocycles. The quantitative estimate of drug-likeness (QED) is 0.0395. The van der Waals surface area contributed by atoms with Crippen LogP contribution in [0.4, 0.5) is 8.78 Å². The summed E-state index contributed by atoms with van der Waals surface area (Å²) in [5, 5.41) is 9.25. The van der Waals surface area contributed by atoms with Gasteiger partial charge in [0, 0.05) is 23.7 Å². The summed E-state index contributed by atoms with van der Waals surface area (Å²) in [6.45, 7) is 19.0. The molecule has 4 aromatic carbocycles. The highest BCUT2D eigenvalue weighted by Gasteiger charge is 2.54. The van der Waals surface area contributed by atoms with Gasteiger partial charge in [-0.25, -0.2) is 13.5 Å². The molecular formula is C47H61F2N2O7PSi. The normalized spacial score (nSPS) is 19.2. The Kier molecular flexibility index (Phi) is 16.1. The molecule has 1 fully saturated rings. The Bertz CT molecular complexity index is 1950. The van der Waals surface area contributed by atoms with Crippen LogP contribution in [-0.2, 0) is 28.5 Å². The molecule has 0 bridgehead atoms. The molecule has 0 aliphatic carbocycles. The van der Waals surface area contributed by atoms with Gasteiger partial charge in [0.2, 0.25) is 0 Å². The Morgan fingerprint density at radius 3 is 1.83 bits per heavy atom. The van der Waals surface area contributed by atoms with E-state index in [9.17, 15) is 9.65 Å². The van der Waals surface area contributed by atoms with E-state index in [1.165, 1.54) is 12.1 Å². The van der Waals surface area contributed by atoms with E-state index in [2.05, 4.69) is 72.3 Å². The summed E-state index contributed by atoms with van der Waals surface area (Å²) < 4.78 is 79.1. The highest BCUT2D eigenvalue weighted by Crippen LogP contribution is 2.53. The third-order valence-electron chi connectivity index (χ3n) is 11.3. The summed E-state index contributed by atoms with van der Waals surface area (Å²) in [4.78, 5) is 0. The van der Waals surface area contributed by atoms with E-state index in [1.54, 1.807) is 14.2 Å². The van der Waals surface area contributed by atoms with Crippen LogP contribution in [0.2, 0.25) is 18.1 Å². The van der Waals surface area contributed by atoms with E-state index in [1.807, 2.05) is 78.9 Å². The van der Waals surface area contributed by atoms with E-state index in [0.29, 0.717) is 11.5 Å². The number of rotatable bonds is 19. The second kappa shape index (κ2) is 20.4. The van der Waals surface area contributed by atoms with Gasteiger partial charge >= 0.3 is 0 Å². The third kappa shape index (κ3) is 10.6. The summed E-state index contributed by atoms with van der Waals surface area (Å²) in [5.41, 5.74) is 1.42. The van der Waals surface area contributed by atoms with Crippen LogP contribution in [0.3, 0.4) is 0 Å². The van der Waals surface area contributed by atoms with Gasteiger partial charge in [0.05, 0.1) is 39.9 Å². The van der Waals surface area contributed by atoms with Crippen LogP contribution in [0.25, 0.3) is 0 Å². The highest BCUT2D eigenvalue weighted by molar-refractivity contribution is 7.44. The van der Waals surface area contributed by atoms with Gasteiger partial charge < -0.3 is 32.4 Å². The number of nitrogens with zero attached hydrogens (tertiary/aromatic N) is 2. The van der Waals surface area contributed by atoms with Gasteiger partial charge in [-0.05, 0) is 92.8 Å². The van der Waals surface area contributed by atoms with Gasteiger partial charge in [-0.3, -0.25) is 0 Å². The second-order valence-corrected chi connectivity index (χ2v) is 23.2. The summed E-state index contributed by atoms with van der Waals surface area (Å²) in [6, 6.07) is 31.1. The topological polar surface area (TPSA) is 91.6 Å². The number of benzene rings is 4. The van der Waals surface area contributed by atoms with Crippen molar-refractivity contribution in [3.05, 3.63) is 131 Å². The van der Waals surface area contributed by atoms with Crippen LogP contribution in [0, 0.1) is 23.0 Å². The number of nitriles is 1. The molecule has 5 rings (SSSR count). The van der Waals surface area contributed by atoms with Crippen molar-refractivity contribution in [3.63, 3.8) is 0 Å². The van der Waals surface area contributed by atoms with Gasteiger partial charge in [0.15, 0.2) is 8.32 Å². The Morgan fingerprint density at radius 1 is 0.800 bits per heavy atom. The molecule has 0 amide bonds. The zero-order valence-corrected chi connectivity index (χ0v) is 38.7. The molecule has 1 saturated heterocycles. The molecule has 9 nitrogen and oxygen atoms in total. The summed E-state index contributed by atoms with van der Waals surface area (Å²) >= 11 is 0. The van der Waals surface area contributed by atoms with Gasteiger partial charge in [-0.2, -0.15) is 5.26 Å². The number of hydrogen-bond acceptors (Lipinski definition) is 9. The molecule has 0 aromatic heterocycles. The van der Waals surface area contributed by atoms with Crippen molar-refractivity contribution in [2.24, 2.45) is 0 Å². The molecule has 0 radical (unpaired) electrons. The molecule has 0 spiro atoms. The lowest BCUT2D eigenvalue weighted by Crippen LogP contribution is -2.49. The molecule has 1 unspecified atom stereocenters. The van der Waals surface area contributed by atoms with E-state index in [0.717, 1.165) is 22.8 Å². The smallest absolute Gasteiger partial charge is 0.259 e. The summed E-state index contributed by atoms with van der Waals surface area (Å²) in [7, 11) is -1.23. The first-order valence-electron chi connectivity index (χ1n) is 20.5. The predicted octanol–water partition coefficient (Wildman–Crippen LogP) is 11.5. The molecule has 0 saturated carbocycles. The Hall–Kier alpha value is -3.76. The molecule has 0 N–H and O–H groups in total. The van der Waals surface area contributed by atoms with Crippen molar-refractivity contribution < 1.29 is 41.2 Å². The van der Waals surface area contributed by atoms with Crippen molar-refractivity contribution in [1.82, 2.24) is 4.67 Å². The first-order valence-corrected chi connectivity index (χ1v) is 24.5. The Labute approximate surface area is 358 Å². The summed E-state index contributed by atoms with van der Waals surface area (Å²) in [5.74, 6) is -0.0861. The maximum Gasteiger partial charge on any atom is 0.259 e. The maximum absolute atomic E-state index is 16.1. The van der Waals surface area contributed by atoms with Crippen molar-refractivity contribution in [3.8, 4) is 17.6 Å². The first-order chi connectivity index (χ1) is 28.5.